The Hall–Kier alpha value is -0.120. The van der Waals surface area contributed by atoms with E-state index >= 15 is 0 Å². The van der Waals surface area contributed by atoms with Crippen LogP contribution in [0.1, 0.15) is 32.1 Å². The first-order chi connectivity index (χ1) is 7.40. The van der Waals surface area contributed by atoms with E-state index in [0.717, 1.165) is 17.9 Å². The van der Waals surface area contributed by atoms with E-state index < -0.39 is 0 Å². The molecule has 3 N–H and O–H groups in total. The van der Waals surface area contributed by atoms with Crippen molar-refractivity contribution in [1.82, 2.24) is 16.0 Å². The van der Waals surface area contributed by atoms with Gasteiger partial charge in [0.05, 0.1) is 6.17 Å². The van der Waals surface area contributed by atoms with Crippen LogP contribution in [0.15, 0.2) is 0 Å². The first-order valence-electron chi connectivity index (χ1n) is 6.60. The van der Waals surface area contributed by atoms with Crippen molar-refractivity contribution in [2.45, 2.75) is 44.3 Å². The lowest BCUT2D eigenvalue weighted by atomic mass is 9.93. The lowest BCUT2D eigenvalue weighted by Gasteiger charge is -2.37. The summed E-state index contributed by atoms with van der Waals surface area (Å²) >= 11 is 0. The van der Waals surface area contributed by atoms with Crippen LogP contribution in [0.5, 0.6) is 0 Å². The Morgan fingerprint density at radius 2 is 1.40 bits per heavy atom. The van der Waals surface area contributed by atoms with E-state index in [9.17, 15) is 0 Å². The van der Waals surface area contributed by atoms with Gasteiger partial charge in [0, 0.05) is 19.1 Å². The molecule has 3 heteroatoms. The van der Waals surface area contributed by atoms with Crippen LogP contribution >= 0.6 is 0 Å². The van der Waals surface area contributed by atoms with Gasteiger partial charge in [-0.05, 0) is 50.5 Å². The fraction of sp³-hybridized carbons (Fsp3) is 1.00. The van der Waals surface area contributed by atoms with Gasteiger partial charge in [0.15, 0.2) is 0 Å². The molecule has 1 saturated carbocycles. The molecule has 5 rings (SSSR count). The summed E-state index contributed by atoms with van der Waals surface area (Å²) in [5, 5.41) is 10.3. The third-order valence-electron chi connectivity index (χ3n) is 4.41. The second-order valence-corrected chi connectivity index (χ2v) is 5.60. The highest BCUT2D eigenvalue weighted by atomic mass is 15.2. The first kappa shape index (κ1) is 10.1. The maximum atomic E-state index is 3.46. The maximum Gasteiger partial charge on any atom is 0.0571 e. The molecular formula is C12H23N3. The van der Waals surface area contributed by atoms with Gasteiger partial charge >= 0.3 is 0 Å². The van der Waals surface area contributed by atoms with Crippen LogP contribution in [0.25, 0.3) is 0 Å². The Bertz CT molecular complexity index is 170. The number of hydrogen-bond donors (Lipinski definition) is 3. The summed E-state index contributed by atoms with van der Waals surface area (Å²) in [4.78, 5) is 0. The number of rotatable bonds is 0. The van der Waals surface area contributed by atoms with Gasteiger partial charge in [-0.1, -0.05) is 0 Å². The number of piperidine rings is 3. The van der Waals surface area contributed by atoms with E-state index in [-0.39, 0.29) is 0 Å². The minimum Gasteiger partial charge on any atom is -0.314 e. The molecule has 0 spiro atoms. The fourth-order valence-corrected chi connectivity index (χ4v) is 3.35. The predicted molar refractivity (Wildman–Crippen MR) is 61.6 cm³/mol. The van der Waals surface area contributed by atoms with Crippen LogP contribution in [0.3, 0.4) is 0 Å². The zero-order valence-corrected chi connectivity index (χ0v) is 9.47. The molecule has 2 atom stereocenters. The summed E-state index contributed by atoms with van der Waals surface area (Å²) in [6, 6.07) is 0.921. The Balaban J connectivity index is 0.0000000971. The molecule has 0 aromatic rings. The van der Waals surface area contributed by atoms with Crippen LogP contribution in [-0.2, 0) is 0 Å². The van der Waals surface area contributed by atoms with Crippen molar-refractivity contribution in [1.29, 1.82) is 0 Å². The van der Waals surface area contributed by atoms with Gasteiger partial charge in [-0.3, -0.25) is 0 Å². The quantitative estimate of drug-likeness (QED) is 0.549. The zero-order valence-electron chi connectivity index (χ0n) is 9.47. The van der Waals surface area contributed by atoms with Crippen LogP contribution < -0.4 is 16.0 Å². The highest BCUT2D eigenvalue weighted by Crippen LogP contribution is 2.29. The molecule has 3 nitrogen and oxygen atoms in total. The zero-order chi connectivity index (χ0) is 10.1. The molecule has 86 valence electrons. The van der Waals surface area contributed by atoms with Crippen molar-refractivity contribution in [2.75, 3.05) is 19.6 Å². The molecule has 2 unspecified atom stereocenters. The van der Waals surface area contributed by atoms with E-state index in [1.807, 2.05) is 0 Å². The standard InChI is InChI=1S/C6H12N2.C6H11N/c1-2-6-7-3-5(1)4-8-6;1-2-6-3-5(1)4-7-6/h5-8H,1-4H2;5-7H,1-4H2. The average Bonchev–Trinajstić information content (AvgIpc) is 2.97. The Morgan fingerprint density at radius 1 is 0.667 bits per heavy atom. The molecule has 0 aromatic heterocycles. The van der Waals surface area contributed by atoms with Crippen molar-refractivity contribution in [3.63, 3.8) is 0 Å². The van der Waals surface area contributed by atoms with Crippen molar-refractivity contribution in [3.05, 3.63) is 0 Å². The average molecular weight is 209 g/mol. The lowest BCUT2D eigenvalue weighted by Crippen LogP contribution is -2.56. The van der Waals surface area contributed by atoms with Crippen LogP contribution in [0.4, 0.5) is 0 Å². The Labute approximate surface area is 92.4 Å². The molecule has 4 saturated heterocycles. The summed E-state index contributed by atoms with van der Waals surface area (Å²) in [6.45, 7) is 3.81. The molecule has 0 radical (unpaired) electrons. The molecule has 1 aliphatic carbocycles. The number of nitrogens with one attached hydrogen (secondary N) is 3. The summed E-state index contributed by atoms with van der Waals surface area (Å²) in [5.74, 6) is 1.99. The SMILES string of the molecule is C1CC2CC1CN2.C1CC2NCC1CN2. The van der Waals surface area contributed by atoms with Crippen LogP contribution in [0, 0.1) is 11.8 Å². The third-order valence-corrected chi connectivity index (χ3v) is 4.41. The molecular weight excluding hydrogens is 186 g/mol. The van der Waals surface area contributed by atoms with E-state index in [1.54, 1.807) is 0 Å². The van der Waals surface area contributed by atoms with E-state index in [0.29, 0.717) is 6.17 Å². The summed E-state index contributed by atoms with van der Waals surface area (Å²) in [6.07, 6.45) is 7.84. The van der Waals surface area contributed by atoms with Crippen LogP contribution in [-0.4, -0.2) is 31.8 Å². The minimum absolute atomic E-state index is 0.653. The van der Waals surface area contributed by atoms with Crippen molar-refractivity contribution in [3.8, 4) is 0 Å². The monoisotopic (exact) mass is 209 g/mol. The van der Waals surface area contributed by atoms with Gasteiger partial charge in [0.2, 0.25) is 0 Å². The smallest absolute Gasteiger partial charge is 0.0571 e. The molecule has 4 aliphatic heterocycles. The van der Waals surface area contributed by atoms with Crippen molar-refractivity contribution in [2.24, 2.45) is 11.8 Å². The van der Waals surface area contributed by atoms with Crippen molar-refractivity contribution < 1.29 is 0 Å². The van der Waals surface area contributed by atoms with Gasteiger partial charge in [0.25, 0.3) is 0 Å². The molecule has 0 amide bonds. The first-order valence-corrected chi connectivity index (χ1v) is 6.60. The molecule has 5 aliphatic rings. The molecule has 4 bridgehead atoms. The maximum absolute atomic E-state index is 3.46. The van der Waals surface area contributed by atoms with E-state index in [2.05, 4.69) is 16.0 Å². The second-order valence-electron chi connectivity index (χ2n) is 5.60. The van der Waals surface area contributed by atoms with Gasteiger partial charge in [-0.15, -0.1) is 0 Å². The van der Waals surface area contributed by atoms with Gasteiger partial charge < -0.3 is 16.0 Å². The molecule has 4 heterocycles. The highest BCUT2D eigenvalue weighted by molar-refractivity contribution is 4.88. The highest BCUT2D eigenvalue weighted by Gasteiger charge is 2.30. The summed E-state index contributed by atoms with van der Waals surface area (Å²) in [5.41, 5.74) is 0. The Morgan fingerprint density at radius 3 is 1.53 bits per heavy atom. The van der Waals surface area contributed by atoms with Crippen LogP contribution in [0.2, 0.25) is 0 Å². The largest absolute Gasteiger partial charge is 0.314 e. The summed E-state index contributed by atoms with van der Waals surface area (Å²) < 4.78 is 0. The topological polar surface area (TPSA) is 36.1 Å². The molecule has 5 fully saturated rings. The predicted octanol–water partition coefficient (Wildman–Crippen LogP) is 0.674. The van der Waals surface area contributed by atoms with E-state index in [1.165, 1.54) is 51.7 Å². The minimum atomic E-state index is 0.653. The van der Waals surface area contributed by atoms with Crippen molar-refractivity contribution >= 4 is 0 Å². The number of fused-ring (bicyclic) bond motifs is 5. The van der Waals surface area contributed by atoms with Gasteiger partial charge in [-0.2, -0.15) is 0 Å². The normalized spacial score (nSPS) is 46.4. The van der Waals surface area contributed by atoms with E-state index in [4.69, 9.17) is 0 Å². The third kappa shape index (κ3) is 2.35. The molecule has 15 heavy (non-hydrogen) atoms. The second kappa shape index (κ2) is 4.40. The Kier molecular flexibility index (Phi) is 2.95. The fourth-order valence-electron chi connectivity index (χ4n) is 3.35. The van der Waals surface area contributed by atoms with Gasteiger partial charge in [-0.25, -0.2) is 0 Å². The number of hydrogen-bond acceptors (Lipinski definition) is 3. The summed E-state index contributed by atoms with van der Waals surface area (Å²) in [7, 11) is 0. The lowest BCUT2D eigenvalue weighted by molar-refractivity contribution is 0.201. The van der Waals surface area contributed by atoms with Gasteiger partial charge in [0.1, 0.15) is 0 Å². The molecule has 0 aromatic carbocycles.